The Kier molecular flexibility index (Phi) is 4.41. The fraction of sp³-hybridized carbons (Fsp3) is 0.318. The molecule has 0 aromatic heterocycles. The molecule has 6 nitrogen and oxygen atoms in total. The van der Waals surface area contributed by atoms with Crippen LogP contribution in [0.15, 0.2) is 48.5 Å². The van der Waals surface area contributed by atoms with Crippen molar-refractivity contribution in [3.8, 4) is 0 Å². The number of imide groups is 1. The zero-order valence-corrected chi connectivity index (χ0v) is 16.0. The van der Waals surface area contributed by atoms with Crippen molar-refractivity contribution in [3.05, 3.63) is 65.2 Å². The number of amides is 4. The van der Waals surface area contributed by atoms with Gasteiger partial charge in [0.2, 0.25) is 5.91 Å². The van der Waals surface area contributed by atoms with Crippen molar-refractivity contribution in [1.29, 1.82) is 0 Å². The van der Waals surface area contributed by atoms with Crippen LogP contribution in [-0.4, -0.2) is 29.3 Å². The summed E-state index contributed by atoms with van der Waals surface area (Å²) in [6.07, 6.45) is 1.25. The van der Waals surface area contributed by atoms with Crippen LogP contribution in [0.25, 0.3) is 0 Å². The predicted octanol–water partition coefficient (Wildman–Crippen LogP) is 3.14. The predicted molar refractivity (Wildman–Crippen MR) is 106 cm³/mol. The molecule has 28 heavy (non-hydrogen) atoms. The molecule has 1 heterocycles. The third kappa shape index (κ3) is 2.95. The van der Waals surface area contributed by atoms with E-state index in [0.29, 0.717) is 18.0 Å². The Morgan fingerprint density at radius 2 is 1.86 bits per heavy atom. The number of carbonyl (C=O) groups is 3. The molecule has 0 saturated carbocycles. The molecule has 2 aromatic carbocycles. The van der Waals surface area contributed by atoms with E-state index in [9.17, 15) is 14.4 Å². The van der Waals surface area contributed by atoms with Gasteiger partial charge in [-0.2, -0.15) is 0 Å². The number of benzene rings is 2. The molecule has 144 valence electrons. The number of anilines is 1. The fourth-order valence-electron chi connectivity index (χ4n) is 4.03. The lowest BCUT2D eigenvalue weighted by Gasteiger charge is -2.22. The van der Waals surface area contributed by atoms with E-state index >= 15 is 0 Å². The summed E-state index contributed by atoms with van der Waals surface area (Å²) in [5, 5.41) is 5.59. The van der Waals surface area contributed by atoms with Gasteiger partial charge in [0.15, 0.2) is 0 Å². The lowest BCUT2D eigenvalue weighted by molar-refractivity contribution is -0.134. The minimum absolute atomic E-state index is 0.305. The Morgan fingerprint density at radius 1 is 1.14 bits per heavy atom. The second kappa shape index (κ2) is 6.78. The highest BCUT2D eigenvalue weighted by molar-refractivity contribution is 6.10. The molecule has 0 bridgehead atoms. The first-order valence-electron chi connectivity index (χ1n) is 9.53. The van der Waals surface area contributed by atoms with Crippen molar-refractivity contribution in [2.24, 2.45) is 0 Å². The van der Waals surface area contributed by atoms with E-state index in [1.54, 1.807) is 0 Å². The largest absolute Gasteiger partial charge is 0.325 e. The van der Waals surface area contributed by atoms with Gasteiger partial charge in [0.05, 0.1) is 0 Å². The summed E-state index contributed by atoms with van der Waals surface area (Å²) in [6.45, 7) is 3.89. The fourth-order valence-corrected chi connectivity index (χ4v) is 4.03. The first-order valence-corrected chi connectivity index (χ1v) is 9.53. The number of carbonyl (C=O) groups excluding carboxylic acids is 3. The molecule has 1 saturated heterocycles. The monoisotopic (exact) mass is 377 g/mol. The van der Waals surface area contributed by atoms with Crippen molar-refractivity contribution in [2.75, 3.05) is 11.9 Å². The average Bonchev–Trinajstić information content (AvgIpc) is 3.16. The SMILES string of the molecule is CC(C)c1ccc(NC(=O)CN2C(=O)NC3(CCc4ccccc43)C2=O)cc1. The molecule has 4 rings (SSSR count). The van der Waals surface area contributed by atoms with Gasteiger partial charge in [-0.25, -0.2) is 4.79 Å². The summed E-state index contributed by atoms with van der Waals surface area (Å²) in [5.41, 5.74) is 2.68. The molecule has 1 spiro atoms. The quantitative estimate of drug-likeness (QED) is 0.804. The van der Waals surface area contributed by atoms with E-state index in [4.69, 9.17) is 0 Å². The third-order valence-electron chi connectivity index (χ3n) is 5.59. The van der Waals surface area contributed by atoms with E-state index in [2.05, 4.69) is 24.5 Å². The van der Waals surface area contributed by atoms with Crippen LogP contribution in [0, 0.1) is 0 Å². The smallest absolute Gasteiger partial charge is 0.325 e. The number of urea groups is 1. The van der Waals surface area contributed by atoms with Gasteiger partial charge < -0.3 is 10.6 Å². The van der Waals surface area contributed by atoms with Crippen LogP contribution < -0.4 is 10.6 Å². The van der Waals surface area contributed by atoms with Gasteiger partial charge in [0, 0.05) is 5.69 Å². The summed E-state index contributed by atoms with van der Waals surface area (Å²) < 4.78 is 0. The summed E-state index contributed by atoms with van der Waals surface area (Å²) >= 11 is 0. The Labute approximate surface area is 163 Å². The average molecular weight is 377 g/mol. The van der Waals surface area contributed by atoms with Crippen LogP contribution in [0.3, 0.4) is 0 Å². The minimum atomic E-state index is -1.03. The number of fused-ring (bicyclic) bond motifs is 2. The maximum absolute atomic E-state index is 13.1. The number of aryl methyl sites for hydroxylation is 1. The summed E-state index contributed by atoms with van der Waals surface area (Å²) in [7, 11) is 0. The van der Waals surface area contributed by atoms with Crippen LogP contribution in [0.5, 0.6) is 0 Å². The van der Waals surface area contributed by atoms with Gasteiger partial charge in [-0.15, -0.1) is 0 Å². The van der Waals surface area contributed by atoms with Crippen molar-refractivity contribution in [2.45, 2.75) is 38.1 Å². The molecule has 1 fully saturated rings. The second-order valence-corrected chi connectivity index (χ2v) is 7.71. The van der Waals surface area contributed by atoms with E-state index in [1.165, 1.54) is 5.56 Å². The van der Waals surface area contributed by atoms with Gasteiger partial charge in [-0.1, -0.05) is 50.2 Å². The highest BCUT2D eigenvalue weighted by Crippen LogP contribution is 2.41. The molecule has 1 unspecified atom stereocenters. The van der Waals surface area contributed by atoms with Crippen molar-refractivity contribution in [3.63, 3.8) is 0 Å². The molecular weight excluding hydrogens is 354 g/mol. The molecule has 1 aliphatic carbocycles. The molecule has 1 aliphatic heterocycles. The Bertz CT molecular complexity index is 952. The maximum Gasteiger partial charge on any atom is 0.325 e. The minimum Gasteiger partial charge on any atom is -0.325 e. The summed E-state index contributed by atoms with van der Waals surface area (Å²) in [5.74, 6) is -0.349. The highest BCUT2D eigenvalue weighted by Gasteiger charge is 2.55. The number of hydrogen-bond donors (Lipinski definition) is 2. The molecule has 2 N–H and O–H groups in total. The topological polar surface area (TPSA) is 78.5 Å². The van der Waals surface area contributed by atoms with Gasteiger partial charge >= 0.3 is 6.03 Å². The van der Waals surface area contributed by atoms with Crippen molar-refractivity contribution >= 4 is 23.5 Å². The second-order valence-electron chi connectivity index (χ2n) is 7.71. The van der Waals surface area contributed by atoms with Crippen molar-refractivity contribution < 1.29 is 14.4 Å². The number of hydrogen-bond acceptors (Lipinski definition) is 3. The number of nitrogens with one attached hydrogen (secondary N) is 2. The van der Waals surface area contributed by atoms with Crippen LogP contribution >= 0.6 is 0 Å². The van der Waals surface area contributed by atoms with E-state index in [-0.39, 0.29) is 12.5 Å². The Morgan fingerprint density at radius 3 is 2.57 bits per heavy atom. The zero-order chi connectivity index (χ0) is 19.9. The molecule has 2 aromatic rings. The Balaban J connectivity index is 1.47. The van der Waals surface area contributed by atoms with Crippen LogP contribution in [0.1, 0.15) is 42.9 Å². The van der Waals surface area contributed by atoms with Crippen molar-refractivity contribution in [1.82, 2.24) is 10.2 Å². The molecule has 4 amide bonds. The van der Waals surface area contributed by atoms with E-state index < -0.39 is 17.5 Å². The molecular formula is C22H23N3O3. The normalized spacial score (nSPS) is 20.6. The standard InChI is InChI=1S/C22H23N3O3/c1-14(2)15-7-9-17(10-8-15)23-19(26)13-25-20(27)22(24-21(25)28)12-11-16-5-3-4-6-18(16)22/h3-10,14H,11-13H2,1-2H3,(H,23,26)(H,24,28). The zero-order valence-electron chi connectivity index (χ0n) is 16.0. The lowest BCUT2D eigenvalue weighted by atomic mass is 9.92. The number of nitrogens with zero attached hydrogens (tertiary/aromatic N) is 1. The maximum atomic E-state index is 13.1. The first kappa shape index (κ1) is 18.2. The Hall–Kier alpha value is -3.15. The summed E-state index contributed by atoms with van der Waals surface area (Å²) in [4.78, 5) is 39.0. The molecule has 0 radical (unpaired) electrons. The van der Waals surface area contributed by atoms with Crippen LogP contribution in [0.2, 0.25) is 0 Å². The van der Waals surface area contributed by atoms with Crippen LogP contribution in [-0.2, 0) is 21.5 Å². The van der Waals surface area contributed by atoms with E-state index in [1.807, 2.05) is 48.5 Å². The van der Waals surface area contributed by atoms with Gasteiger partial charge in [-0.05, 0) is 47.6 Å². The highest BCUT2D eigenvalue weighted by atomic mass is 16.2. The van der Waals surface area contributed by atoms with Gasteiger partial charge in [0.1, 0.15) is 12.1 Å². The summed E-state index contributed by atoms with van der Waals surface area (Å²) in [6, 6.07) is 14.7. The van der Waals surface area contributed by atoms with Crippen LogP contribution in [0.4, 0.5) is 10.5 Å². The first-order chi connectivity index (χ1) is 13.4. The lowest BCUT2D eigenvalue weighted by Crippen LogP contribution is -2.42. The van der Waals surface area contributed by atoms with Gasteiger partial charge in [-0.3, -0.25) is 14.5 Å². The molecule has 6 heteroatoms. The number of rotatable bonds is 4. The molecule has 2 aliphatic rings. The molecule has 1 atom stereocenters. The van der Waals surface area contributed by atoms with E-state index in [0.717, 1.165) is 22.4 Å². The van der Waals surface area contributed by atoms with Gasteiger partial charge in [0.25, 0.3) is 5.91 Å². The third-order valence-corrected chi connectivity index (χ3v) is 5.59.